The van der Waals surface area contributed by atoms with Crippen LogP contribution in [-0.2, 0) is 0 Å². The van der Waals surface area contributed by atoms with Gasteiger partial charge >= 0.3 is 0 Å². The summed E-state index contributed by atoms with van der Waals surface area (Å²) >= 11 is 0. The third-order valence-electron chi connectivity index (χ3n) is 2.95. The van der Waals surface area contributed by atoms with Gasteiger partial charge in [-0.05, 0) is 50.2 Å². The molecule has 1 atom stereocenters. The highest BCUT2D eigenvalue weighted by atomic mass is 19.1. The lowest BCUT2D eigenvalue weighted by Gasteiger charge is -2.18. The number of nitrogens with one attached hydrogen (secondary N) is 1. The van der Waals surface area contributed by atoms with Crippen LogP contribution in [0.5, 0.6) is 5.75 Å². The van der Waals surface area contributed by atoms with Gasteiger partial charge in [0.05, 0.1) is 18.3 Å². The van der Waals surface area contributed by atoms with E-state index in [2.05, 4.69) is 10.3 Å². The monoisotopic (exact) mass is 292 g/mol. The maximum Gasteiger partial charge on any atom is 0.138 e. The normalized spacial score (nSPS) is 12.5. The molecule has 1 heterocycles. The fourth-order valence-electron chi connectivity index (χ4n) is 2.20. The van der Waals surface area contributed by atoms with Crippen LogP contribution in [0.25, 0.3) is 0 Å². The van der Waals surface area contributed by atoms with Gasteiger partial charge in [0.15, 0.2) is 0 Å². The summed E-state index contributed by atoms with van der Waals surface area (Å²) in [6.07, 6.45) is 3.29. The van der Waals surface area contributed by atoms with Crippen molar-refractivity contribution in [3.05, 3.63) is 59.4 Å². The van der Waals surface area contributed by atoms with Crippen LogP contribution in [0.4, 0.5) is 8.78 Å². The number of pyridine rings is 1. The summed E-state index contributed by atoms with van der Waals surface area (Å²) in [5, 5.41) is 3.04. The Morgan fingerprint density at radius 2 is 1.67 bits per heavy atom. The molecule has 0 spiro atoms. The Morgan fingerprint density at radius 1 is 1.00 bits per heavy atom. The van der Waals surface area contributed by atoms with Crippen molar-refractivity contribution in [2.45, 2.75) is 26.0 Å². The molecule has 21 heavy (non-hydrogen) atoms. The first-order chi connectivity index (χ1) is 9.99. The summed E-state index contributed by atoms with van der Waals surface area (Å²) in [7, 11) is 1.73. The van der Waals surface area contributed by atoms with E-state index < -0.39 is 11.6 Å². The molecule has 2 rings (SSSR count). The van der Waals surface area contributed by atoms with Gasteiger partial charge in [0.2, 0.25) is 0 Å². The van der Waals surface area contributed by atoms with Gasteiger partial charge in [0.25, 0.3) is 0 Å². The molecular formula is C16H18F2N2O. The molecule has 0 saturated heterocycles. The molecule has 1 aromatic heterocycles. The van der Waals surface area contributed by atoms with E-state index in [1.54, 1.807) is 19.4 Å². The standard InChI is InChI=1S/C16H18F2N2O/c1-10(2)21-15-6-12(8-20-9-15)16(19-3)11-4-13(17)7-14(18)5-11/h4-10,16,19H,1-3H3. The largest absolute Gasteiger partial charge is 0.489 e. The molecular weight excluding hydrogens is 274 g/mol. The third-order valence-corrected chi connectivity index (χ3v) is 2.95. The van der Waals surface area contributed by atoms with Crippen molar-refractivity contribution < 1.29 is 13.5 Å². The van der Waals surface area contributed by atoms with Crippen molar-refractivity contribution in [3.8, 4) is 5.75 Å². The number of ether oxygens (including phenoxy) is 1. The zero-order chi connectivity index (χ0) is 15.4. The minimum atomic E-state index is -0.604. The number of rotatable bonds is 5. The van der Waals surface area contributed by atoms with E-state index >= 15 is 0 Å². The van der Waals surface area contributed by atoms with Crippen molar-refractivity contribution in [1.82, 2.24) is 10.3 Å². The predicted molar refractivity (Wildman–Crippen MR) is 77.3 cm³/mol. The highest BCUT2D eigenvalue weighted by Crippen LogP contribution is 2.25. The Morgan fingerprint density at radius 3 is 2.24 bits per heavy atom. The average molecular weight is 292 g/mol. The highest BCUT2D eigenvalue weighted by Gasteiger charge is 2.15. The molecule has 0 aliphatic rings. The molecule has 3 nitrogen and oxygen atoms in total. The van der Waals surface area contributed by atoms with E-state index in [1.165, 1.54) is 12.1 Å². The second-order valence-electron chi connectivity index (χ2n) is 5.05. The summed E-state index contributed by atoms with van der Waals surface area (Å²) in [4.78, 5) is 4.12. The molecule has 1 unspecified atom stereocenters. The van der Waals surface area contributed by atoms with Crippen molar-refractivity contribution >= 4 is 0 Å². The Kier molecular flexibility index (Phi) is 4.85. The smallest absolute Gasteiger partial charge is 0.138 e. The summed E-state index contributed by atoms with van der Waals surface area (Å²) in [6.45, 7) is 3.84. The van der Waals surface area contributed by atoms with Crippen LogP contribution in [0.15, 0.2) is 36.7 Å². The van der Waals surface area contributed by atoms with Gasteiger partial charge < -0.3 is 10.1 Å². The summed E-state index contributed by atoms with van der Waals surface area (Å²) in [5.74, 6) is -0.583. The number of benzene rings is 1. The Bertz CT molecular complexity index is 597. The van der Waals surface area contributed by atoms with Crippen LogP contribution in [0, 0.1) is 11.6 Å². The lowest BCUT2D eigenvalue weighted by atomic mass is 10.00. The van der Waals surface area contributed by atoms with E-state index in [-0.39, 0.29) is 12.1 Å². The molecule has 0 amide bonds. The van der Waals surface area contributed by atoms with Crippen LogP contribution in [-0.4, -0.2) is 18.1 Å². The number of hydrogen-bond donors (Lipinski definition) is 1. The predicted octanol–water partition coefficient (Wildman–Crippen LogP) is 3.46. The molecule has 2 aromatic rings. The van der Waals surface area contributed by atoms with Gasteiger partial charge in [-0.15, -0.1) is 0 Å². The summed E-state index contributed by atoms with van der Waals surface area (Å²) in [5.41, 5.74) is 1.28. The maximum absolute atomic E-state index is 13.4. The zero-order valence-electron chi connectivity index (χ0n) is 12.2. The Hall–Kier alpha value is -2.01. The van der Waals surface area contributed by atoms with E-state index in [0.717, 1.165) is 11.6 Å². The average Bonchev–Trinajstić information content (AvgIpc) is 2.38. The second-order valence-corrected chi connectivity index (χ2v) is 5.05. The first-order valence-electron chi connectivity index (χ1n) is 6.74. The zero-order valence-corrected chi connectivity index (χ0v) is 12.2. The molecule has 5 heteroatoms. The lowest BCUT2D eigenvalue weighted by molar-refractivity contribution is 0.241. The van der Waals surface area contributed by atoms with E-state index in [9.17, 15) is 8.78 Å². The Balaban J connectivity index is 2.36. The number of halogens is 2. The van der Waals surface area contributed by atoms with E-state index in [0.29, 0.717) is 11.3 Å². The minimum Gasteiger partial charge on any atom is -0.489 e. The fraction of sp³-hybridized carbons (Fsp3) is 0.312. The molecule has 0 aliphatic heterocycles. The third kappa shape index (κ3) is 3.98. The van der Waals surface area contributed by atoms with Gasteiger partial charge in [-0.2, -0.15) is 0 Å². The minimum absolute atomic E-state index is 0.0294. The van der Waals surface area contributed by atoms with Gasteiger partial charge in [-0.25, -0.2) is 8.78 Å². The summed E-state index contributed by atoms with van der Waals surface area (Å²) in [6, 6.07) is 4.92. The second kappa shape index (κ2) is 6.63. The molecule has 0 fully saturated rings. The number of hydrogen-bond acceptors (Lipinski definition) is 3. The van der Waals surface area contributed by atoms with Crippen LogP contribution < -0.4 is 10.1 Å². The highest BCUT2D eigenvalue weighted by molar-refractivity contribution is 5.34. The Labute approximate surface area is 123 Å². The lowest BCUT2D eigenvalue weighted by Crippen LogP contribution is -2.18. The van der Waals surface area contributed by atoms with Crippen molar-refractivity contribution in [1.29, 1.82) is 0 Å². The molecule has 1 N–H and O–H groups in total. The quantitative estimate of drug-likeness (QED) is 0.916. The van der Waals surface area contributed by atoms with Gasteiger partial charge in [-0.3, -0.25) is 4.98 Å². The van der Waals surface area contributed by atoms with Crippen molar-refractivity contribution in [3.63, 3.8) is 0 Å². The molecule has 0 radical (unpaired) electrons. The maximum atomic E-state index is 13.4. The molecule has 1 aromatic carbocycles. The van der Waals surface area contributed by atoms with Crippen LogP contribution in [0.1, 0.15) is 31.0 Å². The number of nitrogens with zero attached hydrogens (tertiary/aromatic N) is 1. The van der Waals surface area contributed by atoms with Crippen LogP contribution in [0.2, 0.25) is 0 Å². The van der Waals surface area contributed by atoms with Gasteiger partial charge in [0.1, 0.15) is 17.4 Å². The molecule has 0 aliphatic carbocycles. The van der Waals surface area contributed by atoms with E-state index in [1.807, 2.05) is 19.9 Å². The number of aromatic nitrogens is 1. The molecule has 112 valence electrons. The molecule has 0 bridgehead atoms. The van der Waals surface area contributed by atoms with Crippen molar-refractivity contribution in [2.75, 3.05) is 7.05 Å². The van der Waals surface area contributed by atoms with Crippen LogP contribution >= 0.6 is 0 Å². The topological polar surface area (TPSA) is 34.2 Å². The fourth-order valence-corrected chi connectivity index (χ4v) is 2.20. The SMILES string of the molecule is CNC(c1cc(F)cc(F)c1)c1cncc(OC(C)C)c1. The first-order valence-corrected chi connectivity index (χ1v) is 6.74. The summed E-state index contributed by atoms with van der Waals surface area (Å²) < 4.78 is 32.4. The van der Waals surface area contributed by atoms with Crippen LogP contribution in [0.3, 0.4) is 0 Å². The van der Waals surface area contributed by atoms with Gasteiger partial charge in [0, 0.05) is 12.3 Å². The van der Waals surface area contributed by atoms with E-state index in [4.69, 9.17) is 4.74 Å². The molecule has 0 saturated carbocycles. The van der Waals surface area contributed by atoms with Crippen molar-refractivity contribution in [2.24, 2.45) is 0 Å². The van der Waals surface area contributed by atoms with Gasteiger partial charge in [-0.1, -0.05) is 0 Å². The first kappa shape index (κ1) is 15.4.